The molecular formula is C21H25NO3. The molecule has 1 amide bonds. The summed E-state index contributed by atoms with van der Waals surface area (Å²) in [5.74, 6) is -1.58. The van der Waals surface area contributed by atoms with Crippen molar-refractivity contribution in [3.63, 3.8) is 0 Å². The average molecular weight is 339 g/mol. The molecule has 0 bridgehead atoms. The second-order valence-corrected chi connectivity index (χ2v) is 7.92. The van der Waals surface area contributed by atoms with E-state index in [1.54, 1.807) is 0 Å². The molecule has 2 unspecified atom stereocenters. The molecule has 3 aliphatic rings. The highest BCUT2D eigenvalue weighted by atomic mass is 16.4. The predicted molar refractivity (Wildman–Crippen MR) is 95.7 cm³/mol. The van der Waals surface area contributed by atoms with E-state index < -0.39 is 11.9 Å². The SMILES string of the molecule is O=C(O)C1CCC2(CC2)CC1C(=O)N1CC=C(c2ccccc2)CC1. The van der Waals surface area contributed by atoms with Crippen molar-refractivity contribution in [1.82, 2.24) is 4.90 Å². The minimum atomic E-state index is -0.800. The van der Waals surface area contributed by atoms with Gasteiger partial charge in [-0.15, -0.1) is 0 Å². The van der Waals surface area contributed by atoms with Gasteiger partial charge in [0.25, 0.3) is 0 Å². The zero-order chi connectivity index (χ0) is 17.4. The van der Waals surface area contributed by atoms with Crippen LogP contribution in [0.4, 0.5) is 0 Å². The summed E-state index contributed by atoms with van der Waals surface area (Å²) in [5, 5.41) is 9.55. The van der Waals surface area contributed by atoms with Gasteiger partial charge in [-0.2, -0.15) is 0 Å². The molecule has 1 aliphatic heterocycles. The molecule has 0 saturated heterocycles. The number of amides is 1. The number of aliphatic carboxylic acids is 1. The zero-order valence-electron chi connectivity index (χ0n) is 14.5. The number of hydrogen-bond acceptors (Lipinski definition) is 2. The second kappa shape index (κ2) is 6.32. The molecule has 132 valence electrons. The molecule has 0 aromatic heterocycles. The Morgan fingerprint density at radius 1 is 1.08 bits per heavy atom. The van der Waals surface area contributed by atoms with Gasteiger partial charge < -0.3 is 10.0 Å². The van der Waals surface area contributed by atoms with Crippen molar-refractivity contribution < 1.29 is 14.7 Å². The quantitative estimate of drug-likeness (QED) is 0.916. The predicted octanol–water partition coefficient (Wildman–Crippen LogP) is 3.58. The third kappa shape index (κ3) is 3.22. The Balaban J connectivity index is 1.47. The second-order valence-electron chi connectivity index (χ2n) is 7.92. The zero-order valence-corrected chi connectivity index (χ0v) is 14.5. The maximum atomic E-state index is 13.1. The molecule has 0 radical (unpaired) electrons. The molecule has 1 spiro atoms. The summed E-state index contributed by atoms with van der Waals surface area (Å²) in [6.07, 6.45) is 7.71. The van der Waals surface area contributed by atoms with Crippen LogP contribution < -0.4 is 0 Å². The van der Waals surface area contributed by atoms with Gasteiger partial charge in [-0.1, -0.05) is 36.4 Å². The molecule has 1 heterocycles. The third-order valence-corrected chi connectivity index (χ3v) is 6.38. The van der Waals surface area contributed by atoms with Crippen LogP contribution in [0.25, 0.3) is 5.57 Å². The van der Waals surface area contributed by atoms with E-state index in [-0.39, 0.29) is 17.2 Å². The molecule has 4 nitrogen and oxygen atoms in total. The first-order chi connectivity index (χ1) is 12.1. The number of carboxylic acid groups (broad SMARTS) is 1. The fourth-order valence-electron chi connectivity index (χ4n) is 4.58. The van der Waals surface area contributed by atoms with Crippen LogP contribution in [0.3, 0.4) is 0 Å². The van der Waals surface area contributed by atoms with Gasteiger partial charge in [0.15, 0.2) is 0 Å². The molecule has 1 aromatic carbocycles. The molecule has 4 heteroatoms. The first kappa shape index (κ1) is 16.4. The van der Waals surface area contributed by atoms with E-state index in [2.05, 4.69) is 18.2 Å². The van der Waals surface area contributed by atoms with E-state index in [9.17, 15) is 14.7 Å². The fraction of sp³-hybridized carbons (Fsp3) is 0.524. The summed E-state index contributed by atoms with van der Waals surface area (Å²) in [4.78, 5) is 26.6. The molecular weight excluding hydrogens is 314 g/mol. The Morgan fingerprint density at radius 3 is 2.44 bits per heavy atom. The van der Waals surface area contributed by atoms with Crippen LogP contribution in [-0.2, 0) is 9.59 Å². The highest BCUT2D eigenvalue weighted by Crippen LogP contribution is 2.59. The maximum absolute atomic E-state index is 13.1. The van der Waals surface area contributed by atoms with Crippen LogP contribution in [0.15, 0.2) is 36.4 Å². The lowest BCUT2D eigenvalue weighted by Gasteiger charge is -2.37. The van der Waals surface area contributed by atoms with Crippen molar-refractivity contribution in [2.75, 3.05) is 13.1 Å². The molecule has 25 heavy (non-hydrogen) atoms. The average Bonchev–Trinajstić information content (AvgIpc) is 3.40. The first-order valence-electron chi connectivity index (χ1n) is 9.34. The van der Waals surface area contributed by atoms with E-state index in [0.717, 1.165) is 19.3 Å². The van der Waals surface area contributed by atoms with E-state index in [1.807, 2.05) is 23.1 Å². The summed E-state index contributed by atoms with van der Waals surface area (Å²) in [6.45, 7) is 1.29. The highest BCUT2D eigenvalue weighted by molar-refractivity contribution is 5.86. The minimum absolute atomic E-state index is 0.0572. The lowest BCUT2D eigenvalue weighted by atomic mass is 9.71. The monoisotopic (exact) mass is 339 g/mol. The van der Waals surface area contributed by atoms with Gasteiger partial charge in [0, 0.05) is 13.1 Å². The van der Waals surface area contributed by atoms with Crippen molar-refractivity contribution >= 4 is 17.4 Å². The summed E-state index contributed by atoms with van der Waals surface area (Å²) in [5.41, 5.74) is 2.78. The molecule has 4 rings (SSSR count). The van der Waals surface area contributed by atoms with E-state index in [4.69, 9.17) is 0 Å². The number of carbonyl (C=O) groups excluding carboxylic acids is 1. The van der Waals surface area contributed by atoms with Gasteiger partial charge >= 0.3 is 5.97 Å². The summed E-state index contributed by atoms with van der Waals surface area (Å²) in [7, 11) is 0. The van der Waals surface area contributed by atoms with Crippen molar-refractivity contribution in [2.24, 2.45) is 17.3 Å². The number of nitrogens with zero attached hydrogens (tertiary/aromatic N) is 1. The van der Waals surface area contributed by atoms with Gasteiger partial charge in [0.2, 0.25) is 5.91 Å². The number of carbonyl (C=O) groups is 2. The van der Waals surface area contributed by atoms with Crippen molar-refractivity contribution in [3.8, 4) is 0 Å². The number of carboxylic acids is 1. The largest absolute Gasteiger partial charge is 0.481 e. The Hall–Kier alpha value is -2.10. The summed E-state index contributed by atoms with van der Waals surface area (Å²) < 4.78 is 0. The Morgan fingerprint density at radius 2 is 1.84 bits per heavy atom. The van der Waals surface area contributed by atoms with Gasteiger partial charge in [0.05, 0.1) is 11.8 Å². The van der Waals surface area contributed by atoms with E-state index >= 15 is 0 Å². The van der Waals surface area contributed by atoms with Gasteiger partial charge in [-0.3, -0.25) is 9.59 Å². The smallest absolute Gasteiger partial charge is 0.307 e. The Labute approximate surface area is 148 Å². The van der Waals surface area contributed by atoms with Crippen LogP contribution in [-0.4, -0.2) is 35.0 Å². The minimum Gasteiger partial charge on any atom is -0.481 e. The third-order valence-electron chi connectivity index (χ3n) is 6.38. The Kier molecular flexibility index (Phi) is 4.14. The number of benzene rings is 1. The van der Waals surface area contributed by atoms with E-state index in [0.29, 0.717) is 19.5 Å². The summed E-state index contributed by atoms with van der Waals surface area (Å²) in [6, 6.07) is 10.3. The summed E-state index contributed by atoms with van der Waals surface area (Å²) >= 11 is 0. The molecule has 2 aliphatic carbocycles. The van der Waals surface area contributed by atoms with E-state index in [1.165, 1.54) is 24.0 Å². The molecule has 1 N–H and O–H groups in total. The lowest BCUT2D eigenvalue weighted by molar-refractivity contribution is -0.153. The number of hydrogen-bond donors (Lipinski definition) is 1. The molecule has 2 atom stereocenters. The Bertz CT molecular complexity index is 705. The molecule has 2 fully saturated rings. The number of rotatable bonds is 3. The fourth-order valence-corrected chi connectivity index (χ4v) is 4.58. The van der Waals surface area contributed by atoms with Crippen molar-refractivity contribution in [3.05, 3.63) is 42.0 Å². The van der Waals surface area contributed by atoms with Crippen LogP contribution in [0.5, 0.6) is 0 Å². The van der Waals surface area contributed by atoms with Crippen molar-refractivity contribution in [2.45, 2.75) is 38.5 Å². The highest BCUT2D eigenvalue weighted by Gasteiger charge is 2.52. The van der Waals surface area contributed by atoms with Crippen LogP contribution in [0, 0.1) is 17.3 Å². The van der Waals surface area contributed by atoms with Crippen molar-refractivity contribution in [1.29, 1.82) is 0 Å². The topological polar surface area (TPSA) is 57.6 Å². The van der Waals surface area contributed by atoms with Crippen LogP contribution in [0.1, 0.15) is 44.1 Å². The molecule has 1 aromatic rings. The molecule has 2 saturated carbocycles. The van der Waals surface area contributed by atoms with Crippen LogP contribution in [0.2, 0.25) is 0 Å². The normalized spacial score (nSPS) is 27.7. The van der Waals surface area contributed by atoms with Gasteiger partial charge in [-0.25, -0.2) is 0 Å². The van der Waals surface area contributed by atoms with Gasteiger partial charge in [-0.05, 0) is 55.1 Å². The standard InChI is InChI=1S/C21H25NO3/c23-19(18-14-21(10-11-21)9-6-17(18)20(24)25)22-12-7-16(8-13-22)15-4-2-1-3-5-15/h1-5,7,17-18H,6,8-14H2,(H,24,25). The lowest BCUT2D eigenvalue weighted by Crippen LogP contribution is -2.45. The van der Waals surface area contributed by atoms with Gasteiger partial charge in [0.1, 0.15) is 0 Å². The maximum Gasteiger partial charge on any atom is 0.307 e. The van der Waals surface area contributed by atoms with Crippen LogP contribution >= 0.6 is 0 Å². The first-order valence-corrected chi connectivity index (χ1v) is 9.34.